The third-order valence-corrected chi connectivity index (χ3v) is 3.06. The maximum absolute atomic E-state index is 8.59. The second-order valence-electron chi connectivity index (χ2n) is 7.60. The molecule has 0 spiro atoms. The topological polar surface area (TPSA) is 92.4 Å². The van der Waals surface area contributed by atoms with Gasteiger partial charge in [0.05, 0.1) is 28.2 Å². The highest BCUT2D eigenvalue weighted by molar-refractivity contribution is 7.35. The standard InChI is InChI=1S/C14H31N.C4H12N.HO3P/c1-2-3-4-5-6-7-8-9-10-11-12-13-14-15;1-5(2,3)4;1-4(2)3/h2-15H2,1H3;1-4H3;1H/q;+1;-2/p+1. The van der Waals surface area contributed by atoms with Crippen molar-refractivity contribution in [2.24, 2.45) is 5.73 Å². The lowest BCUT2D eigenvalue weighted by Gasteiger charge is -2.19. The molecule has 0 fully saturated rings. The van der Waals surface area contributed by atoms with Crippen LogP contribution in [0.4, 0.5) is 0 Å². The van der Waals surface area contributed by atoms with E-state index in [2.05, 4.69) is 35.1 Å². The molecule has 0 aromatic heterocycles. The fraction of sp³-hybridized carbons (Fsp3) is 1.00. The van der Waals surface area contributed by atoms with Crippen molar-refractivity contribution in [3.63, 3.8) is 0 Å². The number of nitrogens with two attached hydrogens (primary N) is 1. The molecule has 0 aliphatic carbocycles. The number of quaternary nitrogens is 1. The maximum atomic E-state index is 8.59. The van der Waals surface area contributed by atoms with E-state index in [0.29, 0.717) is 0 Å². The van der Waals surface area contributed by atoms with Crippen molar-refractivity contribution < 1.29 is 20.6 Å². The Morgan fingerprint density at radius 2 is 0.958 bits per heavy atom. The maximum Gasteiger partial charge on any atom is 1.00 e. The molecule has 5 nitrogen and oxygen atoms in total. The van der Waals surface area contributed by atoms with Crippen LogP contribution in [0.1, 0.15) is 85.4 Å². The Labute approximate surface area is 154 Å². The van der Waals surface area contributed by atoms with Crippen LogP contribution in [0.2, 0.25) is 0 Å². The summed E-state index contributed by atoms with van der Waals surface area (Å²) in [7, 11) is 5.38. The highest BCUT2D eigenvalue weighted by Gasteiger charge is 1.92. The molecule has 0 atom stereocenters. The van der Waals surface area contributed by atoms with Crippen molar-refractivity contribution in [1.29, 1.82) is 0 Å². The Bertz CT molecular complexity index is 198. The van der Waals surface area contributed by atoms with Gasteiger partial charge in [0.2, 0.25) is 0 Å². The van der Waals surface area contributed by atoms with Crippen LogP contribution in [-0.4, -0.2) is 44.1 Å². The number of hydrogen-bond acceptors (Lipinski definition) is 4. The normalized spacial score (nSPS) is 10.8. The van der Waals surface area contributed by atoms with Crippen LogP contribution >= 0.6 is 8.60 Å². The van der Waals surface area contributed by atoms with Gasteiger partial charge in [-0.15, -0.1) is 0 Å². The number of rotatable bonds is 12. The zero-order chi connectivity index (χ0) is 19.3. The van der Waals surface area contributed by atoms with E-state index in [0.717, 1.165) is 11.0 Å². The Kier molecular flexibility index (Phi) is 28.1. The summed E-state index contributed by atoms with van der Waals surface area (Å²) in [6, 6.07) is 0. The van der Waals surface area contributed by atoms with E-state index in [1.807, 2.05) is 0 Å². The minimum absolute atomic E-state index is 0. The first-order valence-corrected chi connectivity index (χ1v) is 10.6. The van der Waals surface area contributed by atoms with Gasteiger partial charge in [0.15, 0.2) is 0 Å². The SMILES string of the molecule is CCCCCCCCCCCCCCN.C[N+](C)(C)C.[H+].[O-]P([O-])O. The molecule has 0 unspecified atom stereocenters. The van der Waals surface area contributed by atoms with Gasteiger partial charge in [-0.1, -0.05) is 77.6 Å². The molecule has 150 valence electrons. The third kappa shape index (κ3) is 67.0. The molecule has 0 aliphatic heterocycles. The van der Waals surface area contributed by atoms with Crippen LogP contribution in [0, 0.1) is 0 Å². The first-order valence-electron chi connectivity index (χ1n) is 9.47. The molecule has 0 amide bonds. The number of unbranched alkanes of at least 4 members (excludes halogenated alkanes) is 11. The van der Waals surface area contributed by atoms with Gasteiger partial charge in [0, 0.05) is 0 Å². The van der Waals surface area contributed by atoms with Gasteiger partial charge < -0.3 is 24.9 Å². The van der Waals surface area contributed by atoms with Crippen molar-refractivity contribution in [2.45, 2.75) is 84.0 Å². The van der Waals surface area contributed by atoms with Gasteiger partial charge in [-0.3, -0.25) is 0 Å². The zero-order valence-electron chi connectivity index (χ0n) is 17.9. The van der Waals surface area contributed by atoms with Crippen molar-refractivity contribution in [1.82, 2.24) is 0 Å². The van der Waals surface area contributed by atoms with Gasteiger partial charge in [0.1, 0.15) is 0 Å². The summed E-state index contributed by atoms with van der Waals surface area (Å²) in [5.74, 6) is 0. The average Bonchev–Trinajstić information content (AvgIpc) is 2.42. The lowest BCUT2D eigenvalue weighted by atomic mass is 10.1. The van der Waals surface area contributed by atoms with Crippen molar-refractivity contribution in [3.8, 4) is 0 Å². The summed E-state index contributed by atoms with van der Waals surface area (Å²) >= 11 is 0. The third-order valence-electron chi connectivity index (χ3n) is 3.06. The van der Waals surface area contributed by atoms with Gasteiger partial charge in [-0.25, -0.2) is 0 Å². The highest BCUT2D eigenvalue weighted by Crippen LogP contribution is 2.11. The Balaban J connectivity index is -0.000000183. The summed E-state index contributed by atoms with van der Waals surface area (Å²) in [5.41, 5.74) is 5.45. The van der Waals surface area contributed by atoms with Gasteiger partial charge in [-0.05, 0) is 13.0 Å². The molecule has 0 heterocycles. The lowest BCUT2D eigenvalue weighted by molar-refractivity contribution is -0.849. The minimum atomic E-state index is -3.12. The predicted molar refractivity (Wildman–Crippen MR) is 104 cm³/mol. The van der Waals surface area contributed by atoms with Crippen molar-refractivity contribution in [3.05, 3.63) is 0 Å². The van der Waals surface area contributed by atoms with E-state index in [-0.39, 0.29) is 1.43 Å². The van der Waals surface area contributed by atoms with Crippen molar-refractivity contribution in [2.75, 3.05) is 34.7 Å². The van der Waals surface area contributed by atoms with E-state index >= 15 is 0 Å². The monoisotopic (exact) mass is 368 g/mol. The van der Waals surface area contributed by atoms with Crippen LogP contribution in [0.3, 0.4) is 0 Å². The number of nitrogens with zero attached hydrogens (tertiary/aromatic N) is 1. The molecule has 3 N–H and O–H groups in total. The van der Waals surface area contributed by atoms with E-state index < -0.39 is 8.60 Å². The average molecular weight is 369 g/mol. The van der Waals surface area contributed by atoms with Crippen LogP contribution < -0.4 is 15.5 Å². The Morgan fingerprint density at radius 1 is 0.750 bits per heavy atom. The van der Waals surface area contributed by atoms with E-state index in [4.69, 9.17) is 20.4 Å². The first kappa shape index (κ1) is 29.0. The van der Waals surface area contributed by atoms with E-state index in [1.165, 1.54) is 77.0 Å². The van der Waals surface area contributed by atoms with Crippen LogP contribution in [0.5, 0.6) is 0 Å². The fourth-order valence-electron chi connectivity index (χ4n) is 1.99. The molecule has 0 saturated heterocycles. The summed E-state index contributed by atoms with van der Waals surface area (Å²) < 4.78 is 1.00. The Hall–Kier alpha value is 0.230. The molecule has 0 aliphatic rings. The summed E-state index contributed by atoms with van der Waals surface area (Å²) in [4.78, 5) is 24.2. The van der Waals surface area contributed by atoms with Crippen LogP contribution in [0.25, 0.3) is 0 Å². The molecular weight excluding hydrogens is 323 g/mol. The lowest BCUT2D eigenvalue weighted by Crippen LogP contribution is -2.27. The molecule has 0 saturated carbocycles. The molecule has 0 radical (unpaired) electrons. The first-order chi connectivity index (χ1) is 11.1. The van der Waals surface area contributed by atoms with Crippen LogP contribution in [-0.2, 0) is 0 Å². The summed E-state index contributed by atoms with van der Waals surface area (Å²) in [6.07, 6.45) is 16.9. The molecule has 0 aromatic carbocycles. The number of hydrogen-bond donors (Lipinski definition) is 2. The molecular formula is C18H45N2O3P. The second kappa shape index (κ2) is 23.2. The van der Waals surface area contributed by atoms with Gasteiger partial charge in [-0.2, -0.15) is 8.60 Å². The van der Waals surface area contributed by atoms with Crippen molar-refractivity contribution >= 4 is 8.60 Å². The van der Waals surface area contributed by atoms with E-state index in [9.17, 15) is 0 Å². The molecule has 24 heavy (non-hydrogen) atoms. The fourth-order valence-corrected chi connectivity index (χ4v) is 1.99. The van der Waals surface area contributed by atoms with Gasteiger partial charge in [0.25, 0.3) is 0 Å². The van der Waals surface area contributed by atoms with Gasteiger partial charge >= 0.3 is 1.43 Å². The zero-order valence-corrected chi connectivity index (χ0v) is 17.8. The summed E-state index contributed by atoms with van der Waals surface area (Å²) in [5, 5.41) is 0. The highest BCUT2D eigenvalue weighted by atomic mass is 31.2. The minimum Gasteiger partial charge on any atom is -0.820 e. The van der Waals surface area contributed by atoms with Crippen LogP contribution in [0.15, 0.2) is 0 Å². The molecule has 6 heteroatoms. The second-order valence-corrected chi connectivity index (χ2v) is 8.07. The smallest absolute Gasteiger partial charge is 0.820 e. The molecule has 0 rings (SSSR count). The quantitative estimate of drug-likeness (QED) is 0.315. The predicted octanol–water partition coefficient (Wildman–Crippen LogP) is 3.01. The molecule has 0 aromatic rings. The molecule has 0 bridgehead atoms. The summed E-state index contributed by atoms with van der Waals surface area (Å²) in [6.45, 7) is 3.15. The largest absolute Gasteiger partial charge is 1.00 e. The Morgan fingerprint density at radius 3 is 1.17 bits per heavy atom. The van der Waals surface area contributed by atoms with E-state index in [1.54, 1.807) is 0 Å².